The van der Waals surface area contributed by atoms with Crippen LogP contribution in [0.5, 0.6) is 5.75 Å². The summed E-state index contributed by atoms with van der Waals surface area (Å²) in [7, 11) is 0. The second-order valence-corrected chi connectivity index (χ2v) is 4.89. The third-order valence-corrected chi connectivity index (χ3v) is 3.36. The Bertz CT molecular complexity index is 619. The highest BCUT2D eigenvalue weighted by Crippen LogP contribution is 2.15. The number of phenolic OH excluding ortho intramolecular Hbond substituents is 1. The van der Waals surface area contributed by atoms with Crippen molar-refractivity contribution in [1.29, 1.82) is 0 Å². The van der Waals surface area contributed by atoms with Gasteiger partial charge in [0.15, 0.2) is 0 Å². The molecule has 1 aromatic carbocycles. The molecule has 98 valence electrons. The quantitative estimate of drug-likeness (QED) is 0.574. The molecule has 0 aliphatic carbocycles. The van der Waals surface area contributed by atoms with Crippen molar-refractivity contribution < 1.29 is 14.9 Å². The molecule has 7 heteroatoms. The number of nitrogens with zero attached hydrogens (tertiary/aromatic N) is 1. The van der Waals surface area contributed by atoms with Crippen molar-refractivity contribution in [2.45, 2.75) is 6.92 Å². The molecule has 0 aliphatic rings. The van der Waals surface area contributed by atoms with E-state index >= 15 is 0 Å². The van der Waals surface area contributed by atoms with Crippen molar-refractivity contribution in [3.05, 3.63) is 40.4 Å². The summed E-state index contributed by atoms with van der Waals surface area (Å²) in [6.45, 7) is 1.77. The molecule has 1 amide bonds. The Hall–Kier alpha value is -2.41. The van der Waals surface area contributed by atoms with Gasteiger partial charge in [-0.3, -0.25) is 10.5 Å². The van der Waals surface area contributed by atoms with Crippen LogP contribution < -0.4 is 16.1 Å². The molecule has 1 aromatic heterocycles. The Kier molecular flexibility index (Phi) is 3.76. The zero-order chi connectivity index (χ0) is 13.8. The maximum absolute atomic E-state index is 11.8. The number of thiazole rings is 1. The first-order valence-electron chi connectivity index (χ1n) is 5.47. The maximum atomic E-state index is 11.8. The van der Waals surface area contributed by atoms with Gasteiger partial charge < -0.3 is 5.11 Å². The van der Waals surface area contributed by atoms with Crippen molar-refractivity contribution in [2.75, 3.05) is 5.73 Å². The van der Waals surface area contributed by atoms with Gasteiger partial charge in [0, 0.05) is 0 Å². The largest absolute Gasteiger partial charge is 0.508 e. The van der Waals surface area contributed by atoms with Crippen LogP contribution in [0.15, 0.2) is 29.4 Å². The highest BCUT2D eigenvalue weighted by atomic mass is 32.1. The zero-order valence-corrected chi connectivity index (χ0v) is 11.0. The minimum Gasteiger partial charge on any atom is -0.508 e. The second-order valence-electron chi connectivity index (χ2n) is 3.84. The topological polar surface area (TPSA) is 102 Å². The predicted molar refractivity (Wildman–Crippen MR) is 73.2 cm³/mol. The number of H-pyrrole nitrogens is 1. The van der Waals surface area contributed by atoms with Crippen LogP contribution in [0.3, 0.4) is 0 Å². The van der Waals surface area contributed by atoms with E-state index in [1.807, 2.05) is 0 Å². The van der Waals surface area contributed by atoms with Gasteiger partial charge in [0.25, 0.3) is 5.91 Å². The molecule has 19 heavy (non-hydrogen) atoms. The van der Waals surface area contributed by atoms with Gasteiger partial charge in [-0.15, -0.1) is 0 Å². The van der Waals surface area contributed by atoms with Crippen LogP contribution in [0.25, 0.3) is 0 Å². The standard InChI is InChI=1S/C12H12N4O2S/c1-7-10(19-12(13)15-7)11(18)16-14-6-8-2-4-9(17)5-3-8/h2-6,17H,1H3,(H2,13,15)(H,16,18)/p+1. The van der Waals surface area contributed by atoms with Gasteiger partial charge in [0.1, 0.15) is 16.3 Å². The summed E-state index contributed by atoms with van der Waals surface area (Å²) in [6.07, 6.45) is 1.49. The van der Waals surface area contributed by atoms with Crippen LogP contribution in [0.2, 0.25) is 0 Å². The number of carbonyl (C=O) groups excluding carboxylic acids is 1. The molecule has 5 N–H and O–H groups in total. The summed E-state index contributed by atoms with van der Waals surface area (Å²) in [6, 6.07) is 6.46. The van der Waals surface area contributed by atoms with E-state index < -0.39 is 0 Å². The Morgan fingerprint density at radius 1 is 1.47 bits per heavy atom. The van der Waals surface area contributed by atoms with Crippen LogP contribution in [-0.4, -0.2) is 17.2 Å². The van der Waals surface area contributed by atoms with Crippen LogP contribution >= 0.6 is 11.3 Å². The summed E-state index contributed by atoms with van der Waals surface area (Å²) in [5, 5.41) is 13.4. The molecule has 1 heterocycles. The van der Waals surface area contributed by atoms with E-state index in [1.165, 1.54) is 17.6 Å². The Balaban J connectivity index is 2.00. The number of benzene rings is 1. The monoisotopic (exact) mass is 277 g/mol. The molecular formula is C12H13N4O2S+. The number of hydrazone groups is 1. The molecular weight excluding hydrogens is 264 g/mol. The number of aryl methyl sites for hydroxylation is 1. The highest BCUT2D eigenvalue weighted by Gasteiger charge is 2.16. The van der Waals surface area contributed by atoms with Gasteiger partial charge in [-0.1, -0.05) is 0 Å². The summed E-state index contributed by atoms with van der Waals surface area (Å²) < 4.78 is 0. The molecule has 0 bridgehead atoms. The fourth-order valence-corrected chi connectivity index (χ4v) is 2.21. The summed E-state index contributed by atoms with van der Waals surface area (Å²) >= 11 is 1.17. The second kappa shape index (κ2) is 5.49. The number of nitrogen functional groups attached to an aromatic ring is 1. The first kappa shape index (κ1) is 13.0. The van der Waals surface area contributed by atoms with Crippen molar-refractivity contribution in [3.63, 3.8) is 0 Å². The molecule has 0 radical (unpaired) electrons. The van der Waals surface area contributed by atoms with Crippen LogP contribution in [0.4, 0.5) is 5.13 Å². The summed E-state index contributed by atoms with van der Waals surface area (Å²) in [5.74, 6) is -0.133. The lowest BCUT2D eigenvalue weighted by Gasteiger charge is -1.96. The zero-order valence-electron chi connectivity index (χ0n) is 10.2. The lowest BCUT2D eigenvalue weighted by Crippen LogP contribution is -2.19. The molecule has 0 saturated carbocycles. The number of phenols is 1. The van der Waals surface area contributed by atoms with Gasteiger partial charge in [0.05, 0.1) is 6.21 Å². The number of hydrogen-bond donors (Lipinski definition) is 3. The van der Waals surface area contributed by atoms with E-state index in [9.17, 15) is 4.79 Å². The molecule has 2 rings (SSSR count). The van der Waals surface area contributed by atoms with E-state index in [4.69, 9.17) is 10.8 Å². The number of aromatic amines is 1. The van der Waals surface area contributed by atoms with Crippen molar-refractivity contribution in [1.82, 2.24) is 5.43 Å². The minimum absolute atomic E-state index is 0.182. The average Bonchev–Trinajstić information content (AvgIpc) is 2.71. The van der Waals surface area contributed by atoms with Crippen molar-refractivity contribution in [2.24, 2.45) is 5.10 Å². The first-order chi connectivity index (χ1) is 9.06. The molecule has 2 aromatic rings. The van der Waals surface area contributed by atoms with Gasteiger partial charge in [0.2, 0.25) is 0 Å². The fraction of sp³-hybridized carbons (Fsp3) is 0.0833. The van der Waals surface area contributed by atoms with Gasteiger partial charge in [-0.05, 0) is 48.1 Å². The molecule has 0 spiro atoms. The van der Waals surface area contributed by atoms with Crippen molar-refractivity contribution >= 4 is 28.6 Å². The Morgan fingerprint density at radius 2 is 2.16 bits per heavy atom. The number of aromatic hydroxyl groups is 1. The maximum Gasteiger partial charge on any atom is 0.330 e. The van der Waals surface area contributed by atoms with Crippen LogP contribution in [0.1, 0.15) is 20.9 Å². The number of aromatic nitrogens is 1. The SMILES string of the molecule is Cc1[nH+]c(N)sc1C(=O)NN=Cc1ccc(O)cc1. The van der Waals surface area contributed by atoms with Crippen LogP contribution in [-0.2, 0) is 0 Å². The molecule has 0 fully saturated rings. The third kappa shape index (κ3) is 3.29. The summed E-state index contributed by atoms with van der Waals surface area (Å²) in [5.41, 5.74) is 9.47. The molecule has 0 unspecified atom stereocenters. The molecule has 0 atom stereocenters. The lowest BCUT2D eigenvalue weighted by molar-refractivity contribution is -0.363. The molecule has 6 nitrogen and oxygen atoms in total. The number of hydrogen-bond acceptors (Lipinski definition) is 5. The third-order valence-electron chi connectivity index (χ3n) is 2.34. The predicted octanol–water partition coefficient (Wildman–Crippen LogP) is 0.922. The minimum atomic E-state index is -0.314. The molecule has 0 aliphatic heterocycles. The Labute approximate surface area is 113 Å². The van der Waals surface area contributed by atoms with E-state index in [2.05, 4.69) is 15.5 Å². The first-order valence-corrected chi connectivity index (χ1v) is 6.28. The highest BCUT2D eigenvalue weighted by molar-refractivity contribution is 7.16. The number of nitrogens with one attached hydrogen (secondary N) is 2. The van der Waals surface area contributed by atoms with Crippen molar-refractivity contribution in [3.8, 4) is 5.75 Å². The van der Waals surface area contributed by atoms with Gasteiger partial charge in [-0.2, -0.15) is 5.10 Å². The number of carbonyl (C=O) groups is 1. The lowest BCUT2D eigenvalue weighted by atomic mass is 10.2. The number of rotatable bonds is 3. The van der Waals surface area contributed by atoms with Crippen LogP contribution in [0, 0.1) is 6.92 Å². The number of amides is 1. The average molecular weight is 277 g/mol. The van der Waals surface area contributed by atoms with E-state index in [0.717, 1.165) is 5.56 Å². The van der Waals surface area contributed by atoms with Gasteiger partial charge >= 0.3 is 5.13 Å². The number of nitrogens with two attached hydrogens (primary N) is 1. The number of anilines is 1. The van der Waals surface area contributed by atoms with E-state index in [-0.39, 0.29) is 11.7 Å². The Morgan fingerprint density at radius 3 is 2.74 bits per heavy atom. The normalized spacial score (nSPS) is 10.8. The van der Waals surface area contributed by atoms with Gasteiger partial charge in [-0.25, -0.2) is 10.4 Å². The molecule has 0 saturated heterocycles. The smallest absolute Gasteiger partial charge is 0.330 e. The van der Waals surface area contributed by atoms with E-state index in [1.54, 1.807) is 31.2 Å². The summed E-state index contributed by atoms with van der Waals surface area (Å²) in [4.78, 5) is 15.2. The van der Waals surface area contributed by atoms with E-state index in [0.29, 0.717) is 15.7 Å². The fourth-order valence-electron chi connectivity index (χ4n) is 1.45.